The van der Waals surface area contributed by atoms with E-state index in [0.29, 0.717) is 6.42 Å². The van der Waals surface area contributed by atoms with E-state index in [-0.39, 0.29) is 5.92 Å². The fraction of sp³-hybridized carbons (Fsp3) is 0.364. The molecule has 0 amide bonds. The van der Waals surface area contributed by atoms with Crippen molar-refractivity contribution in [3.8, 4) is 5.75 Å². The first-order valence-corrected chi connectivity index (χ1v) is 4.62. The van der Waals surface area contributed by atoms with Gasteiger partial charge in [-0.1, -0.05) is 6.07 Å². The molecule has 0 fully saturated rings. The zero-order chi connectivity index (χ0) is 10.1. The largest absolute Gasteiger partial charge is 0.497 e. The fourth-order valence-electron chi connectivity index (χ4n) is 1.96. The Labute approximate surface area is 82.3 Å². The highest BCUT2D eigenvalue weighted by atomic mass is 16.5. The molecule has 1 aromatic carbocycles. The molecule has 2 rings (SSSR count). The molecule has 1 aliphatic rings. The van der Waals surface area contributed by atoms with Gasteiger partial charge in [-0.3, -0.25) is 4.79 Å². The van der Waals surface area contributed by atoms with Crippen molar-refractivity contribution in [1.29, 1.82) is 0 Å². The molecule has 0 aromatic heterocycles. The van der Waals surface area contributed by atoms with Crippen molar-refractivity contribution in [2.75, 3.05) is 7.11 Å². The lowest BCUT2D eigenvalue weighted by atomic mass is 10.0. The minimum Gasteiger partial charge on any atom is -0.497 e. The van der Waals surface area contributed by atoms with E-state index < -0.39 is 5.97 Å². The molecule has 1 N–H and O–H groups in total. The Hall–Kier alpha value is -1.51. The maximum atomic E-state index is 10.9. The lowest BCUT2D eigenvalue weighted by Crippen LogP contribution is -2.07. The van der Waals surface area contributed by atoms with E-state index in [1.54, 1.807) is 7.11 Å². The van der Waals surface area contributed by atoms with Crippen molar-refractivity contribution in [3.05, 3.63) is 29.3 Å². The first-order valence-electron chi connectivity index (χ1n) is 4.62. The van der Waals surface area contributed by atoms with Crippen molar-refractivity contribution in [3.63, 3.8) is 0 Å². The number of hydrogen-bond donors (Lipinski definition) is 1. The third-order valence-corrected chi connectivity index (χ3v) is 2.73. The van der Waals surface area contributed by atoms with Gasteiger partial charge in [-0.25, -0.2) is 0 Å². The van der Waals surface area contributed by atoms with E-state index in [9.17, 15) is 4.79 Å². The number of carbonyl (C=O) groups is 1. The zero-order valence-electron chi connectivity index (χ0n) is 7.99. The van der Waals surface area contributed by atoms with Crippen LogP contribution >= 0.6 is 0 Å². The van der Waals surface area contributed by atoms with Gasteiger partial charge in [-0.2, -0.15) is 0 Å². The first kappa shape index (κ1) is 9.06. The van der Waals surface area contributed by atoms with Gasteiger partial charge in [0.05, 0.1) is 13.0 Å². The summed E-state index contributed by atoms with van der Waals surface area (Å²) in [6.07, 6.45) is 1.56. The number of carboxylic acids is 1. The number of methoxy groups -OCH3 is 1. The molecule has 14 heavy (non-hydrogen) atoms. The molecule has 0 heterocycles. The molecule has 1 aromatic rings. The van der Waals surface area contributed by atoms with Gasteiger partial charge in [0.1, 0.15) is 5.75 Å². The monoisotopic (exact) mass is 192 g/mol. The molecule has 0 bridgehead atoms. The average molecular weight is 192 g/mol. The van der Waals surface area contributed by atoms with Gasteiger partial charge >= 0.3 is 5.97 Å². The minimum absolute atomic E-state index is 0.347. The van der Waals surface area contributed by atoms with Gasteiger partial charge in [0, 0.05) is 0 Å². The summed E-state index contributed by atoms with van der Waals surface area (Å²) in [4.78, 5) is 10.9. The highest BCUT2D eigenvalue weighted by Gasteiger charge is 2.28. The second-order valence-electron chi connectivity index (χ2n) is 3.49. The third kappa shape index (κ3) is 1.35. The Balaban J connectivity index is 2.41. The van der Waals surface area contributed by atoms with Crippen LogP contribution in [0.3, 0.4) is 0 Å². The lowest BCUT2D eigenvalue weighted by molar-refractivity contribution is -0.138. The molecular weight excluding hydrogens is 180 g/mol. The Morgan fingerprint density at radius 2 is 2.36 bits per heavy atom. The van der Waals surface area contributed by atoms with Crippen molar-refractivity contribution in [2.24, 2.45) is 0 Å². The number of aryl methyl sites for hydroxylation is 1. The summed E-state index contributed by atoms with van der Waals surface area (Å²) >= 11 is 0. The van der Waals surface area contributed by atoms with Crippen LogP contribution in [0.25, 0.3) is 0 Å². The summed E-state index contributed by atoms with van der Waals surface area (Å²) in [5.41, 5.74) is 2.05. The van der Waals surface area contributed by atoms with E-state index in [1.165, 1.54) is 0 Å². The zero-order valence-corrected chi connectivity index (χ0v) is 7.99. The van der Waals surface area contributed by atoms with Crippen LogP contribution < -0.4 is 4.74 Å². The van der Waals surface area contributed by atoms with Crippen molar-refractivity contribution in [2.45, 2.75) is 18.8 Å². The molecule has 0 spiro atoms. The number of rotatable bonds is 2. The Kier molecular flexibility index (Phi) is 2.15. The molecule has 3 heteroatoms. The average Bonchev–Trinajstić information content (AvgIpc) is 2.59. The van der Waals surface area contributed by atoms with Gasteiger partial charge in [0.15, 0.2) is 0 Å². The van der Waals surface area contributed by atoms with E-state index >= 15 is 0 Å². The number of benzene rings is 1. The van der Waals surface area contributed by atoms with E-state index in [2.05, 4.69) is 0 Å². The summed E-state index contributed by atoms with van der Waals surface area (Å²) < 4.78 is 5.07. The van der Waals surface area contributed by atoms with Crippen LogP contribution in [-0.2, 0) is 11.2 Å². The Morgan fingerprint density at radius 3 is 3.00 bits per heavy atom. The maximum Gasteiger partial charge on any atom is 0.310 e. The number of carboxylic acid groups (broad SMARTS) is 1. The van der Waals surface area contributed by atoms with Gasteiger partial charge in [0.25, 0.3) is 0 Å². The third-order valence-electron chi connectivity index (χ3n) is 2.73. The van der Waals surface area contributed by atoms with Gasteiger partial charge in [-0.05, 0) is 36.1 Å². The summed E-state index contributed by atoms with van der Waals surface area (Å²) in [5, 5.41) is 8.98. The van der Waals surface area contributed by atoms with Crippen LogP contribution in [0.4, 0.5) is 0 Å². The molecule has 1 unspecified atom stereocenters. The Morgan fingerprint density at radius 1 is 1.57 bits per heavy atom. The van der Waals surface area contributed by atoms with E-state index in [1.807, 2.05) is 18.2 Å². The van der Waals surface area contributed by atoms with Crippen LogP contribution in [0, 0.1) is 0 Å². The van der Waals surface area contributed by atoms with Crippen LogP contribution in [0.2, 0.25) is 0 Å². The van der Waals surface area contributed by atoms with Gasteiger partial charge in [0.2, 0.25) is 0 Å². The predicted octanol–water partition coefficient (Wildman–Crippen LogP) is 1.81. The summed E-state index contributed by atoms with van der Waals surface area (Å²) in [5.74, 6) is -0.353. The van der Waals surface area contributed by atoms with Crippen molar-refractivity contribution >= 4 is 5.97 Å². The van der Waals surface area contributed by atoms with Gasteiger partial charge < -0.3 is 9.84 Å². The highest BCUT2D eigenvalue weighted by Crippen LogP contribution is 2.35. The quantitative estimate of drug-likeness (QED) is 0.777. The molecule has 0 saturated heterocycles. The van der Waals surface area contributed by atoms with Crippen LogP contribution in [0.1, 0.15) is 23.5 Å². The topological polar surface area (TPSA) is 46.5 Å². The summed E-state index contributed by atoms with van der Waals surface area (Å²) in [6, 6.07) is 5.67. The SMILES string of the molecule is COc1ccc2c(c1)C(C(=O)O)CC2. The highest BCUT2D eigenvalue weighted by molar-refractivity contribution is 5.78. The van der Waals surface area contributed by atoms with Crippen LogP contribution in [0.5, 0.6) is 5.75 Å². The van der Waals surface area contributed by atoms with Gasteiger partial charge in [-0.15, -0.1) is 0 Å². The lowest BCUT2D eigenvalue weighted by Gasteiger charge is -2.07. The molecule has 3 nitrogen and oxygen atoms in total. The number of hydrogen-bond acceptors (Lipinski definition) is 2. The molecule has 0 radical (unpaired) electrons. The molecule has 1 atom stereocenters. The molecule has 0 aliphatic heterocycles. The second-order valence-corrected chi connectivity index (χ2v) is 3.49. The van der Waals surface area contributed by atoms with Crippen molar-refractivity contribution in [1.82, 2.24) is 0 Å². The fourth-order valence-corrected chi connectivity index (χ4v) is 1.96. The molecule has 74 valence electrons. The van der Waals surface area contributed by atoms with Crippen LogP contribution in [-0.4, -0.2) is 18.2 Å². The molecule has 0 saturated carbocycles. The molecule has 1 aliphatic carbocycles. The standard InChI is InChI=1S/C11H12O3/c1-14-8-4-2-7-3-5-9(11(12)13)10(7)6-8/h2,4,6,9H,3,5H2,1H3,(H,12,13). The first-order chi connectivity index (χ1) is 6.72. The number of ether oxygens (including phenoxy) is 1. The summed E-state index contributed by atoms with van der Waals surface area (Å²) in [7, 11) is 1.59. The van der Waals surface area contributed by atoms with Crippen LogP contribution in [0.15, 0.2) is 18.2 Å². The molecular formula is C11H12O3. The second kappa shape index (κ2) is 3.33. The minimum atomic E-state index is -0.739. The number of fused-ring (bicyclic) bond motifs is 1. The van der Waals surface area contributed by atoms with Crippen molar-refractivity contribution < 1.29 is 14.6 Å². The summed E-state index contributed by atoms with van der Waals surface area (Å²) in [6.45, 7) is 0. The smallest absolute Gasteiger partial charge is 0.310 e. The number of aliphatic carboxylic acids is 1. The van der Waals surface area contributed by atoms with E-state index in [0.717, 1.165) is 23.3 Å². The Bertz CT molecular complexity index is 371. The predicted molar refractivity (Wildman–Crippen MR) is 51.7 cm³/mol. The van der Waals surface area contributed by atoms with E-state index in [4.69, 9.17) is 9.84 Å². The normalized spacial score (nSPS) is 19.1. The maximum absolute atomic E-state index is 10.9.